The average Bonchev–Trinajstić information content (AvgIpc) is 2.93. The number of hydrogen-bond acceptors (Lipinski definition) is 7. The van der Waals surface area contributed by atoms with Crippen molar-refractivity contribution in [1.82, 2.24) is 20.0 Å². The molecule has 1 amide bonds. The van der Waals surface area contributed by atoms with Crippen molar-refractivity contribution >= 4 is 35.1 Å². The lowest BCUT2D eigenvalue weighted by Crippen LogP contribution is -2.42. The van der Waals surface area contributed by atoms with Gasteiger partial charge in [0.1, 0.15) is 6.04 Å². The van der Waals surface area contributed by atoms with Crippen LogP contribution in [0.1, 0.15) is 15.9 Å². The van der Waals surface area contributed by atoms with Crippen LogP contribution in [0.4, 0.5) is 0 Å². The van der Waals surface area contributed by atoms with Crippen LogP contribution in [0.3, 0.4) is 0 Å². The number of carboxylic acid groups (broad SMARTS) is 1. The number of aliphatic carboxylic acids is 1. The maximum atomic E-state index is 13.3. The van der Waals surface area contributed by atoms with E-state index in [1.807, 2.05) is 0 Å². The van der Waals surface area contributed by atoms with Gasteiger partial charge in [-0.05, 0) is 23.3 Å². The molecule has 2 aromatic carbocycles. The first-order valence-corrected chi connectivity index (χ1v) is 13.0. The van der Waals surface area contributed by atoms with Crippen molar-refractivity contribution in [3.63, 3.8) is 0 Å². The number of morpholine rings is 1. The number of carbonyl (C=O) groups excluding carboxylic acids is 1. The topological polar surface area (TPSA) is 123 Å². The summed E-state index contributed by atoms with van der Waals surface area (Å²) in [6.45, 7) is 4.04. The van der Waals surface area contributed by atoms with Gasteiger partial charge in [-0.2, -0.15) is 5.10 Å². The molecule has 1 aliphatic rings. The third-order valence-corrected chi connectivity index (χ3v) is 7.07. The summed E-state index contributed by atoms with van der Waals surface area (Å²) in [6.07, 6.45) is 1.51. The van der Waals surface area contributed by atoms with E-state index in [4.69, 9.17) is 32.7 Å². The van der Waals surface area contributed by atoms with Gasteiger partial charge in [-0.1, -0.05) is 53.5 Å². The van der Waals surface area contributed by atoms with E-state index in [0.29, 0.717) is 48.7 Å². The lowest BCUT2D eigenvalue weighted by Gasteiger charge is -2.26. The molecule has 0 unspecified atom stereocenters. The standard InChI is InChI=1S/C27H28Cl2N4O6/c1-38-22-16-30-33(10-9-32-11-13-39-14-12-32)26(35)23(22)18-7-5-17(6-8-18)15-21(27(36)37)31-25(34)24-19(28)3-2-4-20(24)29/h2-8,16,21H,9-15H2,1H3,(H,31,34)(H,36,37)/t21-/m0/s1. The molecule has 3 aromatic rings. The van der Waals surface area contributed by atoms with Crippen LogP contribution in [0.25, 0.3) is 11.1 Å². The van der Waals surface area contributed by atoms with E-state index in [-0.39, 0.29) is 27.6 Å². The number of nitrogens with one attached hydrogen (secondary N) is 1. The number of benzene rings is 2. The van der Waals surface area contributed by atoms with E-state index in [1.54, 1.807) is 30.3 Å². The maximum Gasteiger partial charge on any atom is 0.326 e. The number of ether oxygens (including phenoxy) is 2. The monoisotopic (exact) mass is 574 g/mol. The smallest absolute Gasteiger partial charge is 0.326 e. The quantitative estimate of drug-likeness (QED) is 0.379. The zero-order valence-corrected chi connectivity index (χ0v) is 22.7. The van der Waals surface area contributed by atoms with Crippen LogP contribution in [0.15, 0.2) is 53.5 Å². The van der Waals surface area contributed by atoms with Gasteiger partial charge in [-0.15, -0.1) is 0 Å². The highest BCUT2D eigenvalue weighted by Crippen LogP contribution is 2.27. The van der Waals surface area contributed by atoms with E-state index in [0.717, 1.165) is 13.1 Å². The van der Waals surface area contributed by atoms with Crippen molar-refractivity contribution in [1.29, 1.82) is 0 Å². The number of carboxylic acids is 1. The third-order valence-electron chi connectivity index (χ3n) is 6.44. The molecule has 1 atom stereocenters. The number of amides is 1. The molecule has 0 bridgehead atoms. The van der Waals surface area contributed by atoms with Gasteiger partial charge in [0.25, 0.3) is 11.5 Å². The molecular weight excluding hydrogens is 547 g/mol. The van der Waals surface area contributed by atoms with Crippen LogP contribution >= 0.6 is 23.2 Å². The van der Waals surface area contributed by atoms with Crippen molar-refractivity contribution in [2.45, 2.75) is 19.0 Å². The first-order valence-electron chi connectivity index (χ1n) is 12.3. The average molecular weight is 575 g/mol. The fourth-order valence-corrected chi connectivity index (χ4v) is 4.87. The van der Waals surface area contributed by atoms with Crippen LogP contribution in [-0.2, 0) is 22.5 Å². The molecular formula is C27H28Cl2N4O6. The van der Waals surface area contributed by atoms with Crippen molar-refractivity contribution in [3.05, 3.63) is 80.2 Å². The second-order valence-electron chi connectivity index (χ2n) is 8.93. The van der Waals surface area contributed by atoms with Gasteiger partial charge in [0, 0.05) is 26.1 Å². The highest BCUT2D eigenvalue weighted by molar-refractivity contribution is 6.39. The number of carbonyl (C=O) groups is 2. The highest BCUT2D eigenvalue weighted by Gasteiger charge is 2.24. The minimum atomic E-state index is -1.23. The Hall–Kier alpha value is -3.44. The number of methoxy groups -OCH3 is 1. The van der Waals surface area contributed by atoms with Gasteiger partial charge < -0.3 is 19.9 Å². The molecule has 39 heavy (non-hydrogen) atoms. The number of nitrogens with zero attached hydrogens (tertiary/aromatic N) is 3. The van der Waals surface area contributed by atoms with Gasteiger partial charge >= 0.3 is 5.97 Å². The summed E-state index contributed by atoms with van der Waals surface area (Å²) in [5.74, 6) is -1.56. The predicted octanol–water partition coefficient (Wildman–Crippen LogP) is 2.98. The molecule has 206 valence electrons. The highest BCUT2D eigenvalue weighted by atomic mass is 35.5. The Bertz CT molecular complexity index is 1370. The minimum absolute atomic E-state index is 0.000681. The van der Waals surface area contributed by atoms with Crippen LogP contribution in [0.2, 0.25) is 10.0 Å². The number of aromatic nitrogens is 2. The zero-order valence-electron chi connectivity index (χ0n) is 21.2. The van der Waals surface area contributed by atoms with Gasteiger partial charge in [-0.3, -0.25) is 14.5 Å². The van der Waals surface area contributed by atoms with Crippen molar-refractivity contribution in [2.75, 3.05) is 40.0 Å². The molecule has 0 aliphatic carbocycles. The van der Waals surface area contributed by atoms with Crippen molar-refractivity contribution in [2.24, 2.45) is 0 Å². The van der Waals surface area contributed by atoms with Gasteiger partial charge in [0.15, 0.2) is 5.75 Å². The Morgan fingerprint density at radius 3 is 2.38 bits per heavy atom. The molecule has 1 aliphatic heterocycles. The summed E-state index contributed by atoms with van der Waals surface area (Å²) >= 11 is 12.2. The molecule has 0 spiro atoms. The van der Waals surface area contributed by atoms with E-state index in [2.05, 4.69) is 15.3 Å². The molecule has 0 radical (unpaired) electrons. The van der Waals surface area contributed by atoms with Gasteiger partial charge in [0.2, 0.25) is 0 Å². The number of rotatable bonds is 10. The van der Waals surface area contributed by atoms with E-state index < -0.39 is 17.9 Å². The number of halogens is 2. The second kappa shape index (κ2) is 13.1. The molecule has 10 nitrogen and oxygen atoms in total. The largest absolute Gasteiger partial charge is 0.494 e. The van der Waals surface area contributed by atoms with E-state index in [1.165, 1.54) is 30.1 Å². The van der Waals surface area contributed by atoms with Crippen LogP contribution in [0.5, 0.6) is 5.75 Å². The Labute approximate surface area is 235 Å². The third kappa shape index (κ3) is 6.96. The molecule has 0 saturated carbocycles. The summed E-state index contributed by atoms with van der Waals surface area (Å²) in [6, 6.07) is 10.2. The molecule has 1 saturated heterocycles. The first kappa shape index (κ1) is 28.6. The SMILES string of the molecule is COc1cnn(CCN2CCOCC2)c(=O)c1-c1ccc(C[C@H](NC(=O)c2c(Cl)cccc2Cl)C(=O)O)cc1. The Balaban J connectivity index is 1.51. The van der Waals surface area contributed by atoms with Crippen molar-refractivity contribution in [3.8, 4) is 16.9 Å². The summed E-state index contributed by atoms with van der Waals surface area (Å²) in [5.41, 5.74) is 1.32. The fourth-order valence-electron chi connectivity index (χ4n) is 4.30. The molecule has 1 aromatic heterocycles. The predicted molar refractivity (Wildman–Crippen MR) is 147 cm³/mol. The van der Waals surface area contributed by atoms with Gasteiger partial charge in [0.05, 0.1) is 54.2 Å². The summed E-state index contributed by atoms with van der Waals surface area (Å²) in [4.78, 5) is 40.2. The van der Waals surface area contributed by atoms with Crippen molar-refractivity contribution < 1.29 is 24.2 Å². The summed E-state index contributed by atoms with van der Waals surface area (Å²) in [7, 11) is 1.47. The van der Waals surface area contributed by atoms with E-state index in [9.17, 15) is 19.5 Å². The molecule has 4 rings (SSSR count). The molecule has 1 fully saturated rings. The summed E-state index contributed by atoms with van der Waals surface area (Å²) in [5, 5.41) is 16.7. The van der Waals surface area contributed by atoms with Crippen LogP contribution in [-0.4, -0.2) is 77.7 Å². The van der Waals surface area contributed by atoms with Crippen LogP contribution in [0, 0.1) is 0 Å². The Kier molecular flexibility index (Phi) is 9.58. The zero-order chi connectivity index (χ0) is 27.9. The molecule has 2 N–H and O–H groups in total. The fraction of sp³-hybridized carbons (Fsp3) is 0.333. The minimum Gasteiger partial charge on any atom is -0.494 e. The molecule has 2 heterocycles. The summed E-state index contributed by atoms with van der Waals surface area (Å²) < 4.78 is 12.2. The normalized spacial score (nSPS) is 14.5. The lowest BCUT2D eigenvalue weighted by atomic mass is 10.0. The second-order valence-corrected chi connectivity index (χ2v) is 9.75. The molecule has 12 heteroatoms. The van der Waals surface area contributed by atoms with E-state index >= 15 is 0 Å². The van der Waals surface area contributed by atoms with Crippen LogP contribution < -0.4 is 15.6 Å². The Morgan fingerprint density at radius 2 is 1.77 bits per heavy atom. The first-order chi connectivity index (χ1) is 18.8. The van der Waals surface area contributed by atoms with Gasteiger partial charge in [-0.25, -0.2) is 9.48 Å². The number of hydrogen-bond donors (Lipinski definition) is 2. The maximum absolute atomic E-state index is 13.3. The lowest BCUT2D eigenvalue weighted by molar-refractivity contribution is -0.139. The Morgan fingerprint density at radius 1 is 1.10 bits per heavy atom.